The average molecular weight is 308 g/mol. The SMILES string of the molecule is CCC(N)Cc1ccc(Oc2ccc(Cl)c(F)c2)cc1C. The zero-order valence-corrected chi connectivity index (χ0v) is 13.0. The van der Waals surface area contributed by atoms with Crippen molar-refractivity contribution in [2.45, 2.75) is 32.7 Å². The molecule has 0 saturated carbocycles. The molecule has 1 atom stereocenters. The van der Waals surface area contributed by atoms with E-state index in [2.05, 4.69) is 6.92 Å². The highest BCUT2D eigenvalue weighted by atomic mass is 35.5. The summed E-state index contributed by atoms with van der Waals surface area (Å²) in [5, 5.41) is 0.0856. The van der Waals surface area contributed by atoms with Crippen molar-refractivity contribution < 1.29 is 9.13 Å². The number of aryl methyl sites for hydroxylation is 1. The number of ether oxygens (including phenoxy) is 1. The van der Waals surface area contributed by atoms with E-state index in [9.17, 15) is 4.39 Å². The summed E-state index contributed by atoms with van der Waals surface area (Å²) in [6.07, 6.45) is 1.79. The van der Waals surface area contributed by atoms with Crippen LogP contribution >= 0.6 is 11.6 Å². The van der Waals surface area contributed by atoms with Gasteiger partial charge < -0.3 is 10.5 Å². The molecule has 0 bridgehead atoms. The van der Waals surface area contributed by atoms with Gasteiger partial charge in [-0.25, -0.2) is 4.39 Å². The first kappa shape index (κ1) is 15.8. The number of benzene rings is 2. The van der Waals surface area contributed by atoms with Gasteiger partial charge in [-0.15, -0.1) is 0 Å². The minimum Gasteiger partial charge on any atom is -0.457 e. The fourth-order valence-corrected chi connectivity index (χ4v) is 2.18. The average Bonchev–Trinajstić information content (AvgIpc) is 2.45. The first-order valence-electron chi connectivity index (χ1n) is 6.97. The topological polar surface area (TPSA) is 35.2 Å². The summed E-state index contributed by atoms with van der Waals surface area (Å²) in [5.74, 6) is 0.605. The normalized spacial score (nSPS) is 12.2. The van der Waals surface area contributed by atoms with Crippen LogP contribution in [0, 0.1) is 12.7 Å². The molecule has 2 rings (SSSR count). The molecule has 0 fully saturated rings. The lowest BCUT2D eigenvalue weighted by molar-refractivity contribution is 0.476. The smallest absolute Gasteiger partial charge is 0.145 e. The van der Waals surface area contributed by atoms with Crippen molar-refractivity contribution in [3.8, 4) is 11.5 Å². The molecule has 1 unspecified atom stereocenters. The lowest BCUT2D eigenvalue weighted by atomic mass is 10.00. The van der Waals surface area contributed by atoms with Crippen LogP contribution in [0.4, 0.5) is 4.39 Å². The third kappa shape index (κ3) is 4.19. The second kappa shape index (κ2) is 6.92. The van der Waals surface area contributed by atoms with E-state index in [1.807, 2.05) is 25.1 Å². The molecule has 2 aromatic carbocycles. The van der Waals surface area contributed by atoms with Crippen molar-refractivity contribution in [1.29, 1.82) is 0 Å². The molecule has 112 valence electrons. The zero-order chi connectivity index (χ0) is 15.4. The second-order valence-electron chi connectivity index (χ2n) is 5.14. The summed E-state index contributed by atoms with van der Waals surface area (Å²) in [6.45, 7) is 4.10. The molecule has 0 radical (unpaired) electrons. The highest BCUT2D eigenvalue weighted by Gasteiger charge is 2.07. The van der Waals surface area contributed by atoms with Gasteiger partial charge in [-0.1, -0.05) is 24.6 Å². The number of nitrogens with two attached hydrogens (primary N) is 1. The quantitative estimate of drug-likeness (QED) is 0.856. The standard InChI is InChI=1S/C17H19ClFNO/c1-3-13(20)9-12-4-5-14(8-11(12)2)21-15-6-7-16(18)17(19)10-15/h4-8,10,13H,3,9,20H2,1-2H3. The van der Waals surface area contributed by atoms with E-state index in [0.29, 0.717) is 11.5 Å². The molecule has 0 aromatic heterocycles. The molecule has 0 heterocycles. The Morgan fingerprint density at radius 2 is 1.86 bits per heavy atom. The Labute approximate surface area is 129 Å². The third-order valence-electron chi connectivity index (χ3n) is 3.45. The predicted molar refractivity (Wildman–Crippen MR) is 84.6 cm³/mol. The Hall–Kier alpha value is -1.58. The van der Waals surface area contributed by atoms with Gasteiger partial charge in [0.15, 0.2) is 0 Å². The van der Waals surface area contributed by atoms with E-state index >= 15 is 0 Å². The van der Waals surface area contributed by atoms with Gasteiger partial charge in [0.05, 0.1) is 5.02 Å². The van der Waals surface area contributed by atoms with Gasteiger partial charge in [-0.05, 0) is 55.2 Å². The molecule has 0 amide bonds. The third-order valence-corrected chi connectivity index (χ3v) is 3.75. The van der Waals surface area contributed by atoms with E-state index < -0.39 is 5.82 Å². The summed E-state index contributed by atoms with van der Waals surface area (Å²) in [5.41, 5.74) is 8.30. The van der Waals surface area contributed by atoms with Crippen LogP contribution in [0.1, 0.15) is 24.5 Å². The molecule has 0 saturated heterocycles. The molecule has 0 aliphatic carbocycles. The maximum absolute atomic E-state index is 13.4. The number of hydrogen-bond acceptors (Lipinski definition) is 2. The number of rotatable bonds is 5. The van der Waals surface area contributed by atoms with Gasteiger partial charge in [0.2, 0.25) is 0 Å². The summed E-state index contributed by atoms with van der Waals surface area (Å²) < 4.78 is 19.0. The molecule has 2 nitrogen and oxygen atoms in total. The Balaban J connectivity index is 2.14. The molecule has 4 heteroatoms. The molecule has 0 aliphatic rings. The minimum absolute atomic E-state index is 0.0856. The van der Waals surface area contributed by atoms with Gasteiger partial charge in [-0.2, -0.15) is 0 Å². The Bertz CT molecular complexity index is 630. The Morgan fingerprint density at radius 1 is 1.19 bits per heavy atom. The van der Waals surface area contributed by atoms with E-state index in [4.69, 9.17) is 22.1 Å². The minimum atomic E-state index is -0.489. The molecule has 2 aromatic rings. The van der Waals surface area contributed by atoms with Gasteiger partial charge >= 0.3 is 0 Å². The van der Waals surface area contributed by atoms with Crippen molar-refractivity contribution in [3.05, 3.63) is 58.4 Å². The zero-order valence-electron chi connectivity index (χ0n) is 12.2. The Morgan fingerprint density at radius 3 is 2.48 bits per heavy atom. The highest BCUT2D eigenvalue weighted by Crippen LogP contribution is 2.27. The van der Waals surface area contributed by atoms with Crippen molar-refractivity contribution in [2.75, 3.05) is 0 Å². The fourth-order valence-electron chi connectivity index (χ4n) is 2.06. The number of hydrogen-bond donors (Lipinski definition) is 1. The van der Waals surface area contributed by atoms with E-state index in [1.165, 1.54) is 17.7 Å². The van der Waals surface area contributed by atoms with Crippen LogP contribution in [0.25, 0.3) is 0 Å². The lowest BCUT2D eigenvalue weighted by Crippen LogP contribution is -2.21. The van der Waals surface area contributed by atoms with E-state index in [-0.39, 0.29) is 11.1 Å². The van der Waals surface area contributed by atoms with Crippen LogP contribution in [0.3, 0.4) is 0 Å². The molecule has 0 aliphatic heterocycles. The maximum atomic E-state index is 13.4. The summed E-state index contributed by atoms with van der Waals surface area (Å²) >= 11 is 5.65. The summed E-state index contributed by atoms with van der Waals surface area (Å²) in [4.78, 5) is 0. The van der Waals surface area contributed by atoms with Gasteiger partial charge in [-0.3, -0.25) is 0 Å². The van der Waals surface area contributed by atoms with Crippen LogP contribution in [-0.2, 0) is 6.42 Å². The van der Waals surface area contributed by atoms with Crippen LogP contribution in [0.2, 0.25) is 5.02 Å². The van der Waals surface area contributed by atoms with Gasteiger partial charge in [0, 0.05) is 12.1 Å². The lowest BCUT2D eigenvalue weighted by Gasteiger charge is -2.13. The highest BCUT2D eigenvalue weighted by molar-refractivity contribution is 6.30. The van der Waals surface area contributed by atoms with Crippen LogP contribution in [-0.4, -0.2) is 6.04 Å². The van der Waals surface area contributed by atoms with Crippen LogP contribution in [0.5, 0.6) is 11.5 Å². The van der Waals surface area contributed by atoms with Gasteiger partial charge in [0.1, 0.15) is 17.3 Å². The molecule has 2 N–H and O–H groups in total. The second-order valence-corrected chi connectivity index (χ2v) is 5.55. The van der Waals surface area contributed by atoms with Gasteiger partial charge in [0.25, 0.3) is 0 Å². The van der Waals surface area contributed by atoms with Crippen molar-refractivity contribution in [3.63, 3.8) is 0 Å². The number of halogens is 2. The molecule has 21 heavy (non-hydrogen) atoms. The van der Waals surface area contributed by atoms with Crippen molar-refractivity contribution in [1.82, 2.24) is 0 Å². The maximum Gasteiger partial charge on any atom is 0.145 e. The molecular weight excluding hydrogens is 289 g/mol. The van der Waals surface area contributed by atoms with E-state index in [1.54, 1.807) is 6.07 Å². The first-order chi connectivity index (χ1) is 9.99. The van der Waals surface area contributed by atoms with Crippen LogP contribution < -0.4 is 10.5 Å². The molecule has 0 spiro atoms. The first-order valence-corrected chi connectivity index (χ1v) is 7.35. The predicted octanol–water partition coefficient (Wildman–Crippen LogP) is 4.86. The van der Waals surface area contributed by atoms with Crippen molar-refractivity contribution >= 4 is 11.6 Å². The summed E-state index contributed by atoms with van der Waals surface area (Å²) in [6, 6.07) is 10.4. The Kier molecular flexibility index (Phi) is 5.21. The molecular formula is C17H19ClFNO. The van der Waals surface area contributed by atoms with Crippen molar-refractivity contribution in [2.24, 2.45) is 5.73 Å². The largest absolute Gasteiger partial charge is 0.457 e. The van der Waals surface area contributed by atoms with Crippen LogP contribution in [0.15, 0.2) is 36.4 Å². The summed E-state index contributed by atoms with van der Waals surface area (Å²) in [7, 11) is 0. The van der Waals surface area contributed by atoms with E-state index in [0.717, 1.165) is 18.4 Å². The monoisotopic (exact) mass is 307 g/mol. The fraction of sp³-hybridized carbons (Fsp3) is 0.294.